The van der Waals surface area contributed by atoms with Crippen LogP contribution in [0.15, 0.2) is 30.3 Å². The molecule has 1 aromatic carbocycles. The molecule has 1 aromatic heterocycles. The minimum atomic E-state index is -0.657. The highest BCUT2D eigenvalue weighted by atomic mass is 16.6. The Morgan fingerprint density at radius 1 is 1.22 bits per heavy atom. The Labute approximate surface area is 132 Å². The SMILES string of the molecule is COc1cc(C(=O)Nc2cccc(C)n2)c([N+](=O)[O-])cc1OC. The maximum absolute atomic E-state index is 12.4. The quantitative estimate of drug-likeness (QED) is 0.671. The number of rotatable bonds is 5. The molecule has 8 heteroatoms. The van der Waals surface area contributed by atoms with E-state index in [1.54, 1.807) is 25.1 Å². The van der Waals surface area contributed by atoms with Gasteiger partial charge in [-0.25, -0.2) is 4.98 Å². The lowest BCUT2D eigenvalue weighted by Crippen LogP contribution is -2.15. The summed E-state index contributed by atoms with van der Waals surface area (Å²) in [6, 6.07) is 7.51. The number of anilines is 1. The molecule has 0 bridgehead atoms. The van der Waals surface area contributed by atoms with Gasteiger partial charge in [-0.15, -0.1) is 0 Å². The van der Waals surface area contributed by atoms with E-state index in [1.807, 2.05) is 0 Å². The van der Waals surface area contributed by atoms with Crippen LogP contribution < -0.4 is 14.8 Å². The van der Waals surface area contributed by atoms with Crippen LogP contribution in [-0.4, -0.2) is 30.0 Å². The Hall–Kier alpha value is -3.16. The monoisotopic (exact) mass is 317 g/mol. The maximum Gasteiger partial charge on any atom is 0.286 e. The zero-order chi connectivity index (χ0) is 17.0. The van der Waals surface area contributed by atoms with Gasteiger partial charge in [0.15, 0.2) is 11.5 Å². The number of pyridine rings is 1. The Morgan fingerprint density at radius 3 is 2.43 bits per heavy atom. The number of nitrogens with zero attached hydrogens (tertiary/aromatic N) is 2. The molecule has 0 radical (unpaired) electrons. The number of carbonyl (C=O) groups is 1. The third-order valence-corrected chi connectivity index (χ3v) is 3.07. The fourth-order valence-corrected chi connectivity index (χ4v) is 2.00. The van der Waals surface area contributed by atoms with Gasteiger partial charge in [-0.05, 0) is 19.1 Å². The van der Waals surface area contributed by atoms with Gasteiger partial charge in [0.05, 0.1) is 25.2 Å². The second-order valence-electron chi connectivity index (χ2n) is 4.60. The van der Waals surface area contributed by atoms with Gasteiger partial charge in [0.1, 0.15) is 11.4 Å². The second kappa shape index (κ2) is 6.73. The molecule has 0 fully saturated rings. The summed E-state index contributed by atoms with van der Waals surface area (Å²) in [7, 11) is 2.74. The molecule has 23 heavy (non-hydrogen) atoms. The first kappa shape index (κ1) is 16.2. The minimum Gasteiger partial charge on any atom is -0.493 e. The Balaban J connectivity index is 2.44. The van der Waals surface area contributed by atoms with Crippen molar-refractivity contribution in [3.8, 4) is 11.5 Å². The second-order valence-corrected chi connectivity index (χ2v) is 4.60. The topological polar surface area (TPSA) is 104 Å². The molecule has 0 aliphatic carbocycles. The van der Waals surface area contributed by atoms with Crippen LogP contribution in [0.3, 0.4) is 0 Å². The highest BCUT2D eigenvalue weighted by Gasteiger charge is 2.24. The lowest BCUT2D eigenvalue weighted by Gasteiger charge is -2.10. The van der Waals surface area contributed by atoms with Gasteiger partial charge in [-0.3, -0.25) is 14.9 Å². The first-order valence-corrected chi connectivity index (χ1v) is 6.61. The van der Waals surface area contributed by atoms with E-state index >= 15 is 0 Å². The molecule has 0 spiro atoms. The van der Waals surface area contributed by atoms with Crippen molar-refractivity contribution in [2.75, 3.05) is 19.5 Å². The number of ether oxygens (including phenoxy) is 2. The summed E-state index contributed by atoms with van der Waals surface area (Å²) >= 11 is 0. The lowest BCUT2D eigenvalue weighted by atomic mass is 10.1. The minimum absolute atomic E-state index is 0.143. The number of aryl methyl sites for hydroxylation is 1. The van der Waals surface area contributed by atoms with E-state index < -0.39 is 10.8 Å². The molecule has 0 unspecified atom stereocenters. The molecule has 2 aromatic rings. The molecule has 1 heterocycles. The number of nitro benzene ring substituents is 1. The average molecular weight is 317 g/mol. The molecule has 0 saturated heterocycles. The van der Waals surface area contributed by atoms with Crippen LogP contribution in [0.2, 0.25) is 0 Å². The molecular formula is C15H15N3O5. The fraction of sp³-hybridized carbons (Fsp3) is 0.200. The molecule has 2 rings (SSSR count). The number of hydrogen-bond acceptors (Lipinski definition) is 6. The Bertz CT molecular complexity index is 761. The molecule has 0 atom stereocenters. The van der Waals surface area contributed by atoms with Crippen LogP contribution in [0.5, 0.6) is 11.5 Å². The van der Waals surface area contributed by atoms with Crippen LogP contribution in [0.4, 0.5) is 11.5 Å². The highest BCUT2D eigenvalue weighted by Crippen LogP contribution is 2.34. The van der Waals surface area contributed by atoms with Gasteiger partial charge in [0.25, 0.3) is 11.6 Å². The smallest absolute Gasteiger partial charge is 0.286 e. The summed E-state index contributed by atoms with van der Waals surface area (Å²) < 4.78 is 10.1. The molecule has 0 aliphatic rings. The van der Waals surface area contributed by atoms with Crippen molar-refractivity contribution in [3.05, 3.63) is 51.7 Å². The number of hydrogen-bond donors (Lipinski definition) is 1. The summed E-state index contributed by atoms with van der Waals surface area (Å²) in [5, 5.41) is 13.7. The molecular weight excluding hydrogens is 302 g/mol. The van der Waals surface area contributed by atoms with Crippen molar-refractivity contribution in [3.63, 3.8) is 0 Å². The summed E-state index contributed by atoms with van der Waals surface area (Å²) in [6.45, 7) is 1.77. The van der Waals surface area contributed by atoms with Crippen LogP contribution in [-0.2, 0) is 0 Å². The summed E-state index contributed by atoms with van der Waals surface area (Å²) in [6.07, 6.45) is 0. The standard InChI is InChI=1S/C15H15N3O5/c1-9-5-4-6-14(16-9)17-15(19)10-7-12(22-2)13(23-3)8-11(10)18(20)21/h4-8H,1-3H3,(H,16,17,19). The molecule has 0 aliphatic heterocycles. The van der Waals surface area contributed by atoms with Gasteiger partial charge in [-0.1, -0.05) is 6.07 Å². The van der Waals surface area contributed by atoms with E-state index in [0.717, 1.165) is 6.07 Å². The predicted octanol–water partition coefficient (Wildman–Crippen LogP) is 2.57. The molecule has 0 saturated carbocycles. The van der Waals surface area contributed by atoms with Crippen LogP contribution in [0.1, 0.15) is 16.1 Å². The lowest BCUT2D eigenvalue weighted by molar-refractivity contribution is -0.385. The van der Waals surface area contributed by atoms with Gasteiger partial charge in [-0.2, -0.15) is 0 Å². The summed E-state index contributed by atoms with van der Waals surface area (Å²) in [5.74, 6) is 0.0414. The van der Waals surface area contributed by atoms with E-state index in [9.17, 15) is 14.9 Å². The Kier molecular flexibility index (Phi) is 4.75. The summed E-state index contributed by atoms with van der Waals surface area (Å²) in [5.41, 5.74) is 0.188. The number of aromatic nitrogens is 1. The van der Waals surface area contributed by atoms with Crippen molar-refractivity contribution >= 4 is 17.4 Å². The maximum atomic E-state index is 12.4. The predicted molar refractivity (Wildman–Crippen MR) is 83.1 cm³/mol. The van der Waals surface area contributed by atoms with Crippen LogP contribution >= 0.6 is 0 Å². The number of methoxy groups -OCH3 is 2. The molecule has 8 nitrogen and oxygen atoms in total. The third kappa shape index (κ3) is 3.54. The van der Waals surface area contributed by atoms with E-state index in [0.29, 0.717) is 11.5 Å². The third-order valence-electron chi connectivity index (χ3n) is 3.07. The molecule has 120 valence electrons. The molecule has 1 N–H and O–H groups in total. The van der Waals surface area contributed by atoms with Gasteiger partial charge in [0, 0.05) is 11.8 Å². The number of carbonyl (C=O) groups excluding carboxylic acids is 1. The van der Waals surface area contributed by atoms with Crippen molar-refractivity contribution in [2.45, 2.75) is 6.92 Å². The number of amides is 1. The number of benzene rings is 1. The number of nitro groups is 1. The van der Waals surface area contributed by atoms with Gasteiger partial charge >= 0.3 is 0 Å². The zero-order valence-electron chi connectivity index (χ0n) is 12.8. The van der Waals surface area contributed by atoms with Crippen LogP contribution in [0.25, 0.3) is 0 Å². The first-order valence-electron chi connectivity index (χ1n) is 6.61. The van der Waals surface area contributed by atoms with Crippen molar-refractivity contribution < 1.29 is 19.2 Å². The van der Waals surface area contributed by atoms with E-state index in [4.69, 9.17) is 9.47 Å². The highest BCUT2D eigenvalue weighted by molar-refractivity contribution is 6.07. The summed E-state index contributed by atoms with van der Waals surface area (Å²) in [4.78, 5) is 27.1. The van der Waals surface area contributed by atoms with E-state index in [2.05, 4.69) is 10.3 Å². The molecule has 1 amide bonds. The van der Waals surface area contributed by atoms with Crippen molar-refractivity contribution in [2.24, 2.45) is 0 Å². The zero-order valence-corrected chi connectivity index (χ0v) is 12.8. The van der Waals surface area contributed by atoms with Crippen molar-refractivity contribution in [1.82, 2.24) is 4.98 Å². The van der Waals surface area contributed by atoms with Gasteiger partial charge in [0.2, 0.25) is 0 Å². The van der Waals surface area contributed by atoms with E-state index in [-0.39, 0.29) is 22.7 Å². The Morgan fingerprint density at radius 2 is 1.87 bits per heavy atom. The van der Waals surface area contributed by atoms with Gasteiger partial charge < -0.3 is 14.8 Å². The van der Waals surface area contributed by atoms with Crippen LogP contribution in [0, 0.1) is 17.0 Å². The number of nitrogens with one attached hydrogen (secondary N) is 1. The first-order chi connectivity index (χ1) is 11.0. The van der Waals surface area contributed by atoms with E-state index in [1.165, 1.54) is 20.3 Å². The normalized spacial score (nSPS) is 10.0. The van der Waals surface area contributed by atoms with Crippen molar-refractivity contribution in [1.29, 1.82) is 0 Å². The fourth-order valence-electron chi connectivity index (χ4n) is 2.00. The average Bonchev–Trinajstić information content (AvgIpc) is 2.53. The largest absolute Gasteiger partial charge is 0.493 e.